The molecule has 1 aromatic heterocycles. The number of rotatable bonds is 6. The average Bonchev–Trinajstić information content (AvgIpc) is 3.55. The number of fused-ring (bicyclic) bond motifs is 1. The minimum absolute atomic E-state index is 0.00293. The average molecular weight is 366 g/mol. The second-order valence-corrected chi connectivity index (χ2v) is 6.63. The van der Waals surface area contributed by atoms with Crippen molar-refractivity contribution in [3.8, 4) is 17.2 Å². The number of hydrogen-bond donors (Lipinski definition) is 0. The molecule has 2 aromatic rings. The molecule has 0 N–H and O–H groups in total. The number of amides is 1. The molecule has 6 nitrogen and oxygen atoms in total. The van der Waals surface area contributed by atoms with Crippen molar-refractivity contribution < 1.29 is 19.0 Å². The van der Waals surface area contributed by atoms with Crippen molar-refractivity contribution in [1.82, 2.24) is 9.88 Å². The number of methoxy groups -OCH3 is 1. The van der Waals surface area contributed by atoms with E-state index in [1.165, 1.54) is 0 Å². The molecule has 1 aliphatic heterocycles. The molecule has 0 radical (unpaired) electrons. The van der Waals surface area contributed by atoms with Gasteiger partial charge in [0.15, 0.2) is 11.5 Å². The van der Waals surface area contributed by atoms with Gasteiger partial charge in [-0.05, 0) is 54.3 Å². The van der Waals surface area contributed by atoms with Crippen LogP contribution in [0.25, 0.3) is 6.08 Å². The standard InChI is InChI=1S/C21H22N2O4/c1-25-18-12-16(13-19-21(18)27-11-10-26-19)2-5-20(24)23(17-3-4-17)14-15-6-8-22-9-7-15/h2,5-9,12-13,17H,3-4,10-11,14H2,1H3/b5-2+. The second kappa shape index (κ2) is 7.70. The molecule has 1 aromatic carbocycles. The van der Waals surface area contributed by atoms with Crippen LogP contribution >= 0.6 is 0 Å². The van der Waals surface area contributed by atoms with Gasteiger partial charge < -0.3 is 19.1 Å². The lowest BCUT2D eigenvalue weighted by Crippen LogP contribution is -2.31. The predicted molar refractivity (Wildman–Crippen MR) is 101 cm³/mol. The van der Waals surface area contributed by atoms with Gasteiger partial charge >= 0.3 is 0 Å². The smallest absolute Gasteiger partial charge is 0.247 e. The lowest BCUT2D eigenvalue weighted by atomic mass is 10.1. The molecule has 1 saturated carbocycles. The summed E-state index contributed by atoms with van der Waals surface area (Å²) in [5, 5.41) is 0. The van der Waals surface area contributed by atoms with Crippen LogP contribution in [-0.4, -0.2) is 42.2 Å². The predicted octanol–water partition coefficient (Wildman–Crippen LogP) is 3.07. The third-order valence-corrected chi connectivity index (χ3v) is 4.64. The molecule has 4 rings (SSSR count). The lowest BCUT2D eigenvalue weighted by molar-refractivity contribution is -0.127. The van der Waals surface area contributed by atoms with E-state index < -0.39 is 0 Å². The summed E-state index contributed by atoms with van der Waals surface area (Å²) in [4.78, 5) is 18.7. The number of hydrogen-bond acceptors (Lipinski definition) is 5. The Hall–Kier alpha value is -3.02. The van der Waals surface area contributed by atoms with Crippen LogP contribution in [0.3, 0.4) is 0 Å². The highest BCUT2D eigenvalue weighted by Crippen LogP contribution is 2.40. The number of benzene rings is 1. The maximum absolute atomic E-state index is 12.8. The Morgan fingerprint density at radius 3 is 2.78 bits per heavy atom. The van der Waals surface area contributed by atoms with Crippen LogP contribution in [0.15, 0.2) is 42.7 Å². The normalized spacial score (nSPS) is 15.6. The van der Waals surface area contributed by atoms with Gasteiger partial charge in [0.05, 0.1) is 7.11 Å². The van der Waals surface area contributed by atoms with E-state index in [2.05, 4.69) is 4.98 Å². The molecule has 6 heteroatoms. The zero-order valence-electron chi connectivity index (χ0n) is 15.3. The van der Waals surface area contributed by atoms with Crippen molar-refractivity contribution in [2.45, 2.75) is 25.4 Å². The van der Waals surface area contributed by atoms with E-state index in [1.807, 2.05) is 29.2 Å². The molecular formula is C21H22N2O4. The Kier molecular flexibility index (Phi) is 4.96. The fourth-order valence-electron chi connectivity index (χ4n) is 3.11. The van der Waals surface area contributed by atoms with Crippen LogP contribution in [0.4, 0.5) is 0 Å². The largest absolute Gasteiger partial charge is 0.493 e. The summed E-state index contributed by atoms with van der Waals surface area (Å²) in [5.41, 5.74) is 1.92. The summed E-state index contributed by atoms with van der Waals surface area (Å²) in [6.45, 7) is 1.60. The van der Waals surface area contributed by atoms with Gasteiger partial charge in [-0.15, -0.1) is 0 Å². The Morgan fingerprint density at radius 2 is 2.04 bits per heavy atom. The van der Waals surface area contributed by atoms with E-state index in [9.17, 15) is 4.79 Å². The first-order chi connectivity index (χ1) is 13.2. The number of aromatic nitrogens is 1. The van der Waals surface area contributed by atoms with Crippen molar-refractivity contribution in [2.75, 3.05) is 20.3 Å². The molecule has 27 heavy (non-hydrogen) atoms. The lowest BCUT2D eigenvalue weighted by Gasteiger charge is -2.21. The van der Waals surface area contributed by atoms with Gasteiger partial charge in [-0.1, -0.05) is 0 Å². The molecule has 0 bridgehead atoms. The topological polar surface area (TPSA) is 60.9 Å². The minimum atomic E-state index is 0.00293. The van der Waals surface area contributed by atoms with Crippen molar-refractivity contribution >= 4 is 12.0 Å². The number of nitrogens with zero attached hydrogens (tertiary/aromatic N) is 2. The number of pyridine rings is 1. The molecule has 0 saturated heterocycles. The zero-order valence-corrected chi connectivity index (χ0v) is 15.3. The molecule has 2 heterocycles. The van der Waals surface area contributed by atoms with E-state index in [1.54, 1.807) is 31.7 Å². The SMILES string of the molecule is COc1cc(/C=C/C(=O)N(Cc2ccncc2)C2CC2)cc2c1OCCO2. The van der Waals surface area contributed by atoms with E-state index in [0.717, 1.165) is 24.0 Å². The van der Waals surface area contributed by atoms with Crippen molar-refractivity contribution in [3.05, 3.63) is 53.9 Å². The molecule has 0 spiro atoms. The summed E-state index contributed by atoms with van der Waals surface area (Å²) in [5.74, 6) is 1.87. The van der Waals surface area contributed by atoms with Gasteiger partial charge in [-0.25, -0.2) is 0 Å². The van der Waals surface area contributed by atoms with Gasteiger partial charge in [-0.2, -0.15) is 0 Å². The van der Waals surface area contributed by atoms with Crippen LogP contribution in [0.5, 0.6) is 17.2 Å². The number of carbonyl (C=O) groups is 1. The van der Waals surface area contributed by atoms with E-state index in [-0.39, 0.29) is 5.91 Å². The highest BCUT2D eigenvalue weighted by atomic mass is 16.6. The molecule has 1 amide bonds. The van der Waals surface area contributed by atoms with Crippen LogP contribution in [0.1, 0.15) is 24.0 Å². The zero-order chi connectivity index (χ0) is 18.6. The fourth-order valence-corrected chi connectivity index (χ4v) is 3.11. The first kappa shape index (κ1) is 17.4. The number of carbonyl (C=O) groups excluding carboxylic acids is 1. The minimum Gasteiger partial charge on any atom is -0.493 e. The number of ether oxygens (including phenoxy) is 3. The van der Waals surface area contributed by atoms with Crippen LogP contribution in [-0.2, 0) is 11.3 Å². The molecule has 0 atom stereocenters. The summed E-state index contributed by atoms with van der Waals surface area (Å²) >= 11 is 0. The molecule has 0 unspecified atom stereocenters. The molecule has 140 valence electrons. The maximum Gasteiger partial charge on any atom is 0.247 e. The third-order valence-electron chi connectivity index (χ3n) is 4.64. The third kappa shape index (κ3) is 4.05. The molecule has 1 aliphatic carbocycles. The Balaban J connectivity index is 1.52. The second-order valence-electron chi connectivity index (χ2n) is 6.63. The monoisotopic (exact) mass is 366 g/mol. The van der Waals surface area contributed by atoms with Gasteiger partial charge in [0, 0.05) is 31.1 Å². The van der Waals surface area contributed by atoms with Crippen molar-refractivity contribution in [3.63, 3.8) is 0 Å². The van der Waals surface area contributed by atoms with E-state index in [0.29, 0.717) is 43.0 Å². The fraction of sp³-hybridized carbons (Fsp3) is 0.333. The van der Waals surface area contributed by atoms with Crippen molar-refractivity contribution in [1.29, 1.82) is 0 Å². The summed E-state index contributed by atoms with van der Waals surface area (Å²) in [7, 11) is 1.59. The maximum atomic E-state index is 12.8. The molecular weight excluding hydrogens is 344 g/mol. The van der Waals surface area contributed by atoms with Gasteiger partial charge in [0.1, 0.15) is 13.2 Å². The van der Waals surface area contributed by atoms with Crippen LogP contribution < -0.4 is 14.2 Å². The Labute approximate surface area is 158 Å². The highest BCUT2D eigenvalue weighted by molar-refractivity contribution is 5.92. The quantitative estimate of drug-likeness (QED) is 0.736. The summed E-state index contributed by atoms with van der Waals surface area (Å²) in [6.07, 6.45) is 9.03. The summed E-state index contributed by atoms with van der Waals surface area (Å²) < 4.78 is 16.7. The van der Waals surface area contributed by atoms with Gasteiger partial charge in [-0.3, -0.25) is 9.78 Å². The molecule has 2 aliphatic rings. The summed E-state index contributed by atoms with van der Waals surface area (Å²) in [6, 6.07) is 7.92. The Morgan fingerprint density at radius 1 is 1.26 bits per heavy atom. The van der Waals surface area contributed by atoms with Crippen molar-refractivity contribution in [2.24, 2.45) is 0 Å². The highest BCUT2D eigenvalue weighted by Gasteiger charge is 2.31. The first-order valence-corrected chi connectivity index (χ1v) is 9.10. The van der Waals surface area contributed by atoms with Crippen LogP contribution in [0.2, 0.25) is 0 Å². The van der Waals surface area contributed by atoms with Crippen LogP contribution in [0, 0.1) is 0 Å². The van der Waals surface area contributed by atoms with E-state index >= 15 is 0 Å². The molecule has 1 fully saturated rings. The Bertz CT molecular complexity index is 830. The van der Waals surface area contributed by atoms with Gasteiger partial charge in [0.2, 0.25) is 11.7 Å². The van der Waals surface area contributed by atoms with Gasteiger partial charge in [0.25, 0.3) is 0 Å². The van der Waals surface area contributed by atoms with E-state index in [4.69, 9.17) is 14.2 Å². The first-order valence-electron chi connectivity index (χ1n) is 9.10.